The third kappa shape index (κ3) is 5.28. The van der Waals surface area contributed by atoms with Crippen molar-refractivity contribution in [3.63, 3.8) is 0 Å². The van der Waals surface area contributed by atoms with E-state index in [1.165, 1.54) is 21.6 Å². The van der Waals surface area contributed by atoms with Gasteiger partial charge in [0.25, 0.3) is 5.91 Å². The Morgan fingerprint density at radius 3 is 2.50 bits per heavy atom. The van der Waals surface area contributed by atoms with Crippen molar-refractivity contribution in [2.75, 3.05) is 13.1 Å². The molecule has 0 radical (unpaired) electrons. The van der Waals surface area contributed by atoms with Gasteiger partial charge in [-0.25, -0.2) is 0 Å². The standard InChI is InChI=1S/C22H24N2OS/c1-17-9-11-19(12-10-17)22(20-8-5-15-26-20)24-16-21(25)23-14-13-18-6-3-2-4-7-18/h2-12,15,22,24H,13-14,16H2,1H3,(H,23,25)/p+1/t22-/m0/s1. The van der Waals surface area contributed by atoms with E-state index in [1.54, 1.807) is 11.3 Å². The van der Waals surface area contributed by atoms with Crippen LogP contribution in [0.2, 0.25) is 0 Å². The van der Waals surface area contributed by atoms with Gasteiger partial charge in [0.05, 0.1) is 4.88 Å². The number of amides is 1. The number of benzene rings is 2. The third-order valence-electron chi connectivity index (χ3n) is 4.40. The SMILES string of the molecule is Cc1ccc([C@H]([NH2+]CC(=O)NCCc2ccccc2)c2cccs2)cc1. The van der Waals surface area contributed by atoms with Crippen molar-refractivity contribution < 1.29 is 10.1 Å². The molecule has 1 aromatic heterocycles. The van der Waals surface area contributed by atoms with Crippen molar-refractivity contribution >= 4 is 17.2 Å². The van der Waals surface area contributed by atoms with Gasteiger partial charge in [-0.2, -0.15) is 0 Å². The minimum Gasteiger partial charge on any atom is -0.351 e. The molecule has 3 nitrogen and oxygen atoms in total. The Kier molecular flexibility index (Phi) is 6.58. The van der Waals surface area contributed by atoms with E-state index in [0.717, 1.165) is 6.42 Å². The molecule has 0 saturated carbocycles. The fourth-order valence-electron chi connectivity index (χ4n) is 2.95. The first kappa shape index (κ1) is 18.4. The molecule has 1 atom stereocenters. The molecular formula is C22H25N2OS+. The molecule has 2 aromatic carbocycles. The summed E-state index contributed by atoms with van der Waals surface area (Å²) in [5.74, 6) is 0.0783. The molecule has 26 heavy (non-hydrogen) atoms. The minimum atomic E-state index is 0.0783. The summed E-state index contributed by atoms with van der Waals surface area (Å²) in [5, 5.41) is 7.23. The van der Waals surface area contributed by atoms with Crippen molar-refractivity contribution in [3.05, 3.63) is 93.7 Å². The lowest BCUT2D eigenvalue weighted by molar-refractivity contribution is -0.676. The highest BCUT2D eigenvalue weighted by Gasteiger charge is 2.19. The molecule has 0 aliphatic carbocycles. The highest BCUT2D eigenvalue weighted by Crippen LogP contribution is 2.22. The number of quaternary nitrogens is 1. The summed E-state index contributed by atoms with van der Waals surface area (Å²) in [7, 11) is 0. The molecule has 0 aliphatic heterocycles. The molecule has 0 bridgehead atoms. The van der Waals surface area contributed by atoms with Crippen LogP contribution >= 0.6 is 11.3 Å². The number of aryl methyl sites for hydroxylation is 1. The van der Waals surface area contributed by atoms with E-state index in [-0.39, 0.29) is 11.9 Å². The maximum absolute atomic E-state index is 12.3. The topological polar surface area (TPSA) is 45.7 Å². The fourth-order valence-corrected chi connectivity index (χ4v) is 3.80. The van der Waals surface area contributed by atoms with Crippen LogP contribution in [0.25, 0.3) is 0 Å². The number of hydrogen-bond donors (Lipinski definition) is 2. The normalized spacial score (nSPS) is 11.9. The van der Waals surface area contributed by atoms with Crippen molar-refractivity contribution in [2.45, 2.75) is 19.4 Å². The molecule has 134 valence electrons. The van der Waals surface area contributed by atoms with Crippen LogP contribution in [0.4, 0.5) is 0 Å². The zero-order valence-corrected chi connectivity index (χ0v) is 15.8. The van der Waals surface area contributed by atoms with Crippen LogP contribution in [-0.4, -0.2) is 19.0 Å². The van der Waals surface area contributed by atoms with Crippen molar-refractivity contribution in [2.24, 2.45) is 0 Å². The van der Waals surface area contributed by atoms with E-state index in [2.05, 4.69) is 71.5 Å². The lowest BCUT2D eigenvalue weighted by atomic mass is 10.0. The molecule has 0 spiro atoms. The van der Waals surface area contributed by atoms with Crippen LogP contribution in [0.15, 0.2) is 72.1 Å². The van der Waals surface area contributed by atoms with Gasteiger partial charge in [-0.05, 0) is 30.4 Å². The summed E-state index contributed by atoms with van der Waals surface area (Å²) in [6, 6.07) is 23.2. The Morgan fingerprint density at radius 1 is 1.04 bits per heavy atom. The summed E-state index contributed by atoms with van der Waals surface area (Å²) >= 11 is 1.73. The Balaban J connectivity index is 1.54. The number of rotatable bonds is 8. The lowest BCUT2D eigenvalue weighted by Crippen LogP contribution is -2.87. The van der Waals surface area contributed by atoms with Gasteiger partial charge in [-0.15, -0.1) is 11.3 Å². The molecule has 3 N–H and O–H groups in total. The summed E-state index contributed by atoms with van der Waals surface area (Å²) in [6.07, 6.45) is 0.860. The quantitative estimate of drug-likeness (QED) is 0.633. The van der Waals surface area contributed by atoms with Gasteiger partial charge >= 0.3 is 0 Å². The van der Waals surface area contributed by atoms with Gasteiger partial charge in [0.1, 0.15) is 6.04 Å². The van der Waals surface area contributed by atoms with Crippen LogP contribution in [0, 0.1) is 6.92 Å². The molecule has 1 heterocycles. The van der Waals surface area contributed by atoms with Crippen LogP contribution in [0.5, 0.6) is 0 Å². The van der Waals surface area contributed by atoms with E-state index in [1.807, 2.05) is 18.2 Å². The third-order valence-corrected chi connectivity index (χ3v) is 5.36. The molecule has 3 aromatic rings. The number of thiophene rings is 1. The second-order valence-electron chi connectivity index (χ2n) is 6.43. The first-order valence-electron chi connectivity index (χ1n) is 8.96. The predicted molar refractivity (Wildman–Crippen MR) is 107 cm³/mol. The summed E-state index contributed by atoms with van der Waals surface area (Å²) in [6.45, 7) is 3.18. The van der Waals surface area contributed by atoms with E-state index < -0.39 is 0 Å². The van der Waals surface area contributed by atoms with Gasteiger partial charge in [0.15, 0.2) is 6.54 Å². The molecule has 3 rings (SSSR count). The van der Waals surface area contributed by atoms with Crippen LogP contribution < -0.4 is 10.6 Å². The van der Waals surface area contributed by atoms with Crippen LogP contribution in [0.1, 0.15) is 27.6 Å². The first-order valence-corrected chi connectivity index (χ1v) is 9.84. The second-order valence-corrected chi connectivity index (χ2v) is 7.41. The van der Waals surface area contributed by atoms with Gasteiger partial charge in [-0.3, -0.25) is 4.79 Å². The Morgan fingerprint density at radius 2 is 1.81 bits per heavy atom. The number of carbonyl (C=O) groups is 1. The largest absolute Gasteiger partial charge is 0.351 e. The van der Waals surface area contributed by atoms with Gasteiger partial charge < -0.3 is 10.6 Å². The molecule has 4 heteroatoms. The zero-order valence-electron chi connectivity index (χ0n) is 15.0. The van der Waals surface area contributed by atoms with Crippen molar-refractivity contribution in [3.8, 4) is 0 Å². The molecule has 0 aliphatic rings. The Labute approximate surface area is 159 Å². The highest BCUT2D eigenvalue weighted by molar-refractivity contribution is 7.10. The number of carbonyl (C=O) groups excluding carboxylic acids is 1. The zero-order chi connectivity index (χ0) is 18.2. The van der Waals surface area contributed by atoms with E-state index in [9.17, 15) is 4.79 Å². The summed E-state index contributed by atoms with van der Waals surface area (Å²) < 4.78 is 0. The lowest BCUT2D eigenvalue weighted by Gasteiger charge is -2.15. The van der Waals surface area contributed by atoms with Gasteiger partial charge in [-0.1, -0.05) is 66.2 Å². The average molecular weight is 366 g/mol. The first-order chi connectivity index (χ1) is 12.7. The smallest absolute Gasteiger partial charge is 0.275 e. The molecule has 0 fully saturated rings. The molecule has 1 amide bonds. The monoisotopic (exact) mass is 365 g/mol. The molecular weight excluding hydrogens is 340 g/mol. The fraction of sp³-hybridized carbons (Fsp3) is 0.227. The maximum Gasteiger partial charge on any atom is 0.275 e. The second kappa shape index (κ2) is 9.32. The van der Waals surface area contributed by atoms with E-state index >= 15 is 0 Å². The maximum atomic E-state index is 12.3. The number of nitrogens with one attached hydrogen (secondary N) is 1. The number of nitrogens with two attached hydrogens (primary N) is 1. The Bertz CT molecular complexity index is 798. The minimum absolute atomic E-state index is 0.0783. The van der Waals surface area contributed by atoms with Gasteiger partial charge in [0.2, 0.25) is 0 Å². The Hall–Kier alpha value is -2.43. The average Bonchev–Trinajstić information content (AvgIpc) is 3.19. The van der Waals surface area contributed by atoms with Crippen LogP contribution in [-0.2, 0) is 11.2 Å². The number of hydrogen-bond acceptors (Lipinski definition) is 2. The van der Waals surface area contributed by atoms with Crippen molar-refractivity contribution in [1.29, 1.82) is 0 Å². The molecule has 0 unspecified atom stereocenters. The van der Waals surface area contributed by atoms with E-state index in [4.69, 9.17) is 0 Å². The highest BCUT2D eigenvalue weighted by atomic mass is 32.1. The molecule has 0 saturated heterocycles. The summed E-state index contributed by atoms with van der Waals surface area (Å²) in [4.78, 5) is 13.5. The predicted octanol–water partition coefficient (Wildman–Crippen LogP) is 3.07. The van der Waals surface area contributed by atoms with Gasteiger partial charge in [0, 0.05) is 12.1 Å². The van der Waals surface area contributed by atoms with Crippen molar-refractivity contribution in [1.82, 2.24) is 5.32 Å². The van der Waals surface area contributed by atoms with E-state index in [0.29, 0.717) is 13.1 Å². The van der Waals surface area contributed by atoms with Crippen LogP contribution in [0.3, 0.4) is 0 Å². The summed E-state index contributed by atoms with van der Waals surface area (Å²) in [5.41, 5.74) is 3.72.